The molecular weight excluding hydrogens is 378 g/mol. The number of para-hydroxylation sites is 1. The number of sulfonamides is 1. The number of carbonyl (C=O) groups is 1. The summed E-state index contributed by atoms with van der Waals surface area (Å²) in [5.74, 6) is -0.744. The van der Waals surface area contributed by atoms with Gasteiger partial charge in [0.25, 0.3) is 5.91 Å². The van der Waals surface area contributed by atoms with Gasteiger partial charge in [-0.05, 0) is 43.2 Å². The van der Waals surface area contributed by atoms with Crippen LogP contribution in [0.3, 0.4) is 0 Å². The Kier molecular flexibility index (Phi) is 4.74. The number of aromatic hydroxyl groups is 1. The summed E-state index contributed by atoms with van der Waals surface area (Å²) in [5, 5.41) is 13.6. The zero-order chi connectivity index (χ0) is 19.7. The molecule has 1 aliphatic heterocycles. The zero-order valence-electron chi connectivity index (χ0n) is 15.0. The van der Waals surface area contributed by atoms with Gasteiger partial charge >= 0.3 is 0 Å². The topological polar surface area (TPSA) is 99.6 Å². The van der Waals surface area contributed by atoms with E-state index >= 15 is 0 Å². The number of aromatic nitrogens is 1. The molecule has 3 aromatic rings. The predicted octanol–water partition coefficient (Wildman–Crippen LogP) is 2.98. The minimum Gasteiger partial charge on any atom is -0.506 e. The van der Waals surface area contributed by atoms with Crippen molar-refractivity contribution in [1.29, 1.82) is 0 Å². The summed E-state index contributed by atoms with van der Waals surface area (Å²) in [5.41, 5.74) is 0.871. The highest BCUT2D eigenvalue weighted by Crippen LogP contribution is 2.29. The largest absolute Gasteiger partial charge is 0.506 e. The highest BCUT2D eigenvalue weighted by molar-refractivity contribution is 7.89. The van der Waals surface area contributed by atoms with E-state index in [0.717, 1.165) is 18.2 Å². The third-order valence-corrected chi connectivity index (χ3v) is 6.64. The average molecular weight is 397 g/mol. The second-order valence-corrected chi connectivity index (χ2v) is 8.57. The second-order valence-electron chi connectivity index (χ2n) is 6.63. The first-order valence-electron chi connectivity index (χ1n) is 8.95. The van der Waals surface area contributed by atoms with E-state index in [9.17, 15) is 18.3 Å². The Morgan fingerprint density at radius 2 is 1.79 bits per heavy atom. The van der Waals surface area contributed by atoms with Crippen LogP contribution in [0.2, 0.25) is 0 Å². The molecule has 1 aromatic heterocycles. The molecule has 2 heterocycles. The monoisotopic (exact) mass is 397 g/mol. The molecule has 1 fully saturated rings. The molecule has 2 N–H and O–H groups in total. The number of benzene rings is 2. The van der Waals surface area contributed by atoms with E-state index in [2.05, 4.69) is 10.3 Å². The van der Waals surface area contributed by atoms with Gasteiger partial charge in [-0.25, -0.2) is 13.4 Å². The van der Waals surface area contributed by atoms with Crippen molar-refractivity contribution in [1.82, 2.24) is 9.29 Å². The Morgan fingerprint density at radius 1 is 1.04 bits per heavy atom. The van der Waals surface area contributed by atoms with Gasteiger partial charge in [0.1, 0.15) is 11.4 Å². The zero-order valence-corrected chi connectivity index (χ0v) is 15.8. The standard InChI is InChI=1S/C20H19N3O4S/c24-19-10-8-15(28(26,27)23-11-3-4-12-23)13-18(19)22-20(25)17-9-7-14-5-1-2-6-16(14)21-17/h1-2,5-10,13,24H,3-4,11-12H2,(H,22,25). The van der Waals surface area contributed by atoms with Gasteiger partial charge in [-0.1, -0.05) is 24.3 Å². The van der Waals surface area contributed by atoms with Crippen LogP contribution in [0.1, 0.15) is 23.3 Å². The molecule has 7 nitrogen and oxygen atoms in total. The van der Waals surface area contributed by atoms with Crippen LogP contribution >= 0.6 is 0 Å². The Morgan fingerprint density at radius 3 is 2.57 bits per heavy atom. The summed E-state index contributed by atoms with van der Waals surface area (Å²) in [6, 6.07) is 14.7. The minimum atomic E-state index is -3.65. The van der Waals surface area contributed by atoms with Crippen molar-refractivity contribution in [3.05, 3.63) is 60.3 Å². The molecule has 8 heteroatoms. The van der Waals surface area contributed by atoms with Gasteiger partial charge in [-0.3, -0.25) is 4.79 Å². The number of anilines is 1. The van der Waals surface area contributed by atoms with Crippen molar-refractivity contribution in [2.24, 2.45) is 0 Å². The lowest BCUT2D eigenvalue weighted by Crippen LogP contribution is -2.28. The summed E-state index contributed by atoms with van der Waals surface area (Å²) in [6.07, 6.45) is 1.66. The van der Waals surface area contributed by atoms with Crippen LogP contribution in [-0.4, -0.2) is 41.8 Å². The number of pyridine rings is 1. The Bertz CT molecular complexity index is 1160. The lowest BCUT2D eigenvalue weighted by atomic mass is 10.2. The molecular formula is C20H19N3O4S. The molecule has 144 valence electrons. The number of nitrogens with one attached hydrogen (secondary N) is 1. The van der Waals surface area contributed by atoms with Crippen LogP contribution in [0.15, 0.2) is 59.5 Å². The van der Waals surface area contributed by atoms with Crippen LogP contribution in [0.5, 0.6) is 5.75 Å². The third kappa shape index (κ3) is 3.44. The molecule has 0 radical (unpaired) electrons. The quantitative estimate of drug-likeness (QED) is 0.660. The highest BCUT2D eigenvalue weighted by Gasteiger charge is 2.28. The van der Waals surface area contributed by atoms with E-state index in [1.807, 2.05) is 18.2 Å². The highest BCUT2D eigenvalue weighted by atomic mass is 32.2. The number of phenols is 1. The first-order chi connectivity index (χ1) is 13.4. The minimum absolute atomic E-state index is 0.0280. The Hall–Kier alpha value is -2.97. The van der Waals surface area contributed by atoms with Crippen molar-refractivity contribution in [2.45, 2.75) is 17.7 Å². The lowest BCUT2D eigenvalue weighted by molar-refractivity contribution is 0.102. The van der Waals surface area contributed by atoms with Gasteiger partial charge in [0, 0.05) is 18.5 Å². The number of phenolic OH excluding ortho intramolecular Hbond substituents is 1. The molecule has 1 aliphatic rings. The van der Waals surface area contributed by atoms with Crippen LogP contribution in [0.25, 0.3) is 10.9 Å². The number of hydrogen-bond acceptors (Lipinski definition) is 5. The van der Waals surface area contributed by atoms with Crippen LogP contribution in [0, 0.1) is 0 Å². The first kappa shape index (κ1) is 18.4. The van der Waals surface area contributed by atoms with E-state index < -0.39 is 15.9 Å². The fraction of sp³-hybridized carbons (Fsp3) is 0.200. The number of amides is 1. The maximum Gasteiger partial charge on any atom is 0.274 e. The van der Waals surface area contributed by atoms with Gasteiger partial charge < -0.3 is 10.4 Å². The van der Waals surface area contributed by atoms with Crippen molar-refractivity contribution in [3.63, 3.8) is 0 Å². The number of fused-ring (bicyclic) bond motifs is 1. The van der Waals surface area contributed by atoms with E-state index in [4.69, 9.17) is 0 Å². The van der Waals surface area contributed by atoms with Gasteiger partial charge in [-0.2, -0.15) is 4.31 Å². The number of carbonyl (C=O) groups excluding carboxylic acids is 1. The van der Waals surface area contributed by atoms with Crippen LogP contribution < -0.4 is 5.32 Å². The van der Waals surface area contributed by atoms with Crippen molar-refractivity contribution >= 4 is 32.5 Å². The van der Waals surface area contributed by atoms with Crippen molar-refractivity contribution < 1.29 is 18.3 Å². The summed E-state index contributed by atoms with van der Waals surface area (Å²) >= 11 is 0. The first-order valence-corrected chi connectivity index (χ1v) is 10.4. The van der Waals surface area contributed by atoms with E-state index in [1.165, 1.54) is 22.5 Å². The number of rotatable bonds is 4. The number of nitrogens with zero attached hydrogens (tertiary/aromatic N) is 2. The predicted molar refractivity (Wildman–Crippen MR) is 106 cm³/mol. The molecule has 2 aromatic carbocycles. The van der Waals surface area contributed by atoms with Crippen LogP contribution in [-0.2, 0) is 10.0 Å². The van der Waals surface area contributed by atoms with Crippen molar-refractivity contribution in [3.8, 4) is 5.75 Å². The second kappa shape index (κ2) is 7.21. The molecule has 0 unspecified atom stereocenters. The van der Waals surface area contributed by atoms with E-state index in [1.54, 1.807) is 18.2 Å². The van der Waals surface area contributed by atoms with E-state index in [0.29, 0.717) is 18.6 Å². The molecule has 0 aliphatic carbocycles. The smallest absolute Gasteiger partial charge is 0.274 e. The Labute approximate surface area is 162 Å². The summed E-state index contributed by atoms with van der Waals surface area (Å²) < 4.78 is 26.9. The van der Waals surface area contributed by atoms with Crippen LogP contribution in [0.4, 0.5) is 5.69 Å². The molecule has 28 heavy (non-hydrogen) atoms. The third-order valence-electron chi connectivity index (χ3n) is 4.75. The molecule has 1 amide bonds. The number of hydrogen-bond donors (Lipinski definition) is 2. The van der Waals surface area contributed by atoms with Gasteiger partial charge in [-0.15, -0.1) is 0 Å². The average Bonchev–Trinajstić information content (AvgIpc) is 3.25. The molecule has 0 atom stereocenters. The fourth-order valence-corrected chi connectivity index (χ4v) is 4.78. The van der Waals surface area contributed by atoms with Gasteiger partial charge in [0.2, 0.25) is 10.0 Å². The molecule has 0 bridgehead atoms. The maximum absolute atomic E-state index is 12.7. The molecule has 0 spiro atoms. The summed E-state index contributed by atoms with van der Waals surface area (Å²) in [6.45, 7) is 0.956. The SMILES string of the molecule is O=C(Nc1cc(S(=O)(=O)N2CCCC2)ccc1O)c1ccc2ccccc2n1. The fourth-order valence-electron chi connectivity index (χ4n) is 3.23. The maximum atomic E-state index is 12.7. The molecule has 0 saturated carbocycles. The van der Waals surface area contributed by atoms with Gasteiger partial charge in [0.15, 0.2) is 0 Å². The van der Waals surface area contributed by atoms with Gasteiger partial charge in [0.05, 0.1) is 16.1 Å². The molecule has 1 saturated heterocycles. The van der Waals surface area contributed by atoms with E-state index in [-0.39, 0.29) is 22.0 Å². The Balaban J connectivity index is 1.62. The summed E-state index contributed by atoms with van der Waals surface area (Å²) in [7, 11) is -3.65. The normalized spacial score (nSPS) is 15.0. The lowest BCUT2D eigenvalue weighted by Gasteiger charge is -2.16. The van der Waals surface area contributed by atoms with Crippen molar-refractivity contribution in [2.75, 3.05) is 18.4 Å². The molecule has 4 rings (SSSR count). The summed E-state index contributed by atoms with van der Waals surface area (Å²) in [4.78, 5) is 16.9.